The Balaban J connectivity index is 1.83. The van der Waals surface area contributed by atoms with Crippen LogP contribution in [0.5, 0.6) is 5.75 Å². The Labute approximate surface area is 200 Å². The summed E-state index contributed by atoms with van der Waals surface area (Å²) in [6.45, 7) is 3.20. The average molecular weight is 512 g/mol. The van der Waals surface area contributed by atoms with E-state index in [4.69, 9.17) is 9.79 Å². The molecule has 1 aliphatic rings. The Morgan fingerprint density at radius 3 is 2.54 bits per heavy atom. The van der Waals surface area contributed by atoms with Gasteiger partial charge in [0.2, 0.25) is 5.43 Å². The lowest BCUT2D eigenvalue weighted by atomic mass is 9.69. The number of carbonyl (C=O) groups excluding carboxylic acids is 2. The van der Waals surface area contributed by atoms with Gasteiger partial charge in [0, 0.05) is 42.5 Å². The molecule has 190 valence electrons. The second-order valence-electron chi connectivity index (χ2n) is 9.27. The van der Waals surface area contributed by atoms with E-state index in [9.17, 15) is 32.8 Å². The van der Waals surface area contributed by atoms with Gasteiger partial charge in [-0.25, -0.2) is 8.78 Å². The first kappa shape index (κ1) is 26.7. The van der Waals surface area contributed by atoms with Crippen molar-refractivity contribution in [3.63, 3.8) is 0 Å². The highest BCUT2D eigenvalue weighted by Gasteiger charge is 2.44. The molecule has 2 heterocycles. The van der Waals surface area contributed by atoms with Crippen molar-refractivity contribution < 1.29 is 37.8 Å². The van der Waals surface area contributed by atoms with Gasteiger partial charge in [-0.1, -0.05) is 26.3 Å². The van der Waals surface area contributed by atoms with Crippen LogP contribution in [0.2, 0.25) is 0 Å². The molecule has 0 aliphatic carbocycles. The minimum Gasteiger partial charge on any atom is -0.503 e. The molecule has 1 atom stereocenters. The average Bonchev–Trinajstić information content (AvgIpc) is 2.75. The van der Waals surface area contributed by atoms with E-state index in [-0.39, 0.29) is 42.8 Å². The predicted molar refractivity (Wildman–Crippen MR) is 122 cm³/mol. The minimum atomic E-state index is -4.12. The smallest absolute Gasteiger partial charge is 0.325 e. The number of amides is 1. The molecule has 1 amide bonds. The highest BCUT2D eigenvalue weighted by atomic mass is 31.2. The number of unbranched alkanes of at least 4 members (excludes halogenated alkanes) is 1. The van der Waals surface area contributed by atoms with Gasteiger partial charge in [0.1, 0.15) is 22.9 Å². The molecule has 0 saturated heterocycles. The number of hydrogen-bond donors (Lipinski definition) is 4. The van der Waals surface area contributed by atoms with E-state index in [0.717, 1.165) is 12.1 Å². The first-order chi connectivity index (χ1) is 16.2. The van der Waals surface area contributed by atoms with Crippen LogP contribution in [0.3, 0.4) is 0 Å². The van der Waals surface area contributed by atoms with E-state index in [1.165, 1.54) is 10.8 Å². The number of pyridine rings is 1. The van der Waals surface area contributed by atoms with E-state index in [0.29, 0.717) is 18.9 Å². The SMILES string of the molecule is CC1(C)C(=O)c2c(O)c(=O)c(C(=O)NCc3ccc(F)cc3F)cn2CC1CCCCP(=O)(O)O. The van der Waals surface area contributed by atoms with Crippen molar-refractivity contribution in [2.45, 2.75) is 46.2 Å². The van der Waals surface area contributed by atoms with Gasteiger partial charge < -0.3 is 24.8 Å². The topological polar surface area (TPSA) is 146 Å². The third kappa shape index (κ3) is 5.86. The van der Waals surface area contributed by atoms with Gasteiger partial charge in [0.15, 0.2) is 11.5 Å². The molecule has 3 rings (SSSR count). The largest absolute Gasteiger partial charge is 0.503 e. The molecule has 0 fully saturated rings. The van der Waals surface area contributed by atoms with Crippen molar-refractivity contribution >= 4 is 19.3 Å². The van der Waals surface area contributed by atoms with Crippen molar-refractivity contribution in [3.05, 3.63) is 63.1 Å². The third-order valence-electron chi connectivity index (χ3n) is 6.45. The van der Waals surface area contributed by atoms with E-state index < -0.39 is 53.1 Å². The lowest BCUT2D eigenvalue weighted by Crippen LogP contribution is -2.44. The van der Waals surface area contributed by atoms with Crippen molar-refractivity contribution in [1.29, 1.82) is 0 Å². The predicted octanol–water partition coefficient (Wildman–Crippen LogP) is 2.95. The summed E-state index contributed by atoms with van der Waals surface area (Å²) in [7, 11) is -4.12. The zero-order valence-corrected chi connectivity index (χ0v) is 20.1. The Kier molecular flexibility index (Phi) is 7.64. The van der Waals surface area contributed by atoms with Crippen LogP contribution in [0.15, 0.2) is 29.2 Å². The van der Waals surface area contributed by atoms with Crippen molar-refractivity contribution in [3.8, 4) is 5.75 Å². The molecular weight excluding hydrogens is 485 g/mol. The monoisotopic (exact) mass is 512 g/mol. The van der Waals surface area contributed by atoms with E-state index in [1.807, 2.05) is 0 Å². The molecule has 0 saturated carbocycles. The molecule has 1 aliphatic heterocycles. The van der Waals surface area contributed by atoms with E-state index >= 15 is 0 Å². The normalized spacial score (nSPS) is 17.2. The number of carbonyl (C=O) groups is 2. The number of rotatable bonds is 8. The van der Waals surface area contributed by atoms with Gasteiger partial charge in [0.25, 0.3) is 5.91 Å². The van der Waals surface area contributed by atoms with Gasteiger partial charge in [0.05, 0.1) is 0 Å². The summed E-state index contributed by atoms with van der Waals surface area (Å²) in [6, 6.07) is 2.84. The summed E-state index contributed by atoms with van der Waals surface area (Å²) in [5.41, 5.74) is -2.67. The molecule has 1 aromatic carbocycles. The first-order valence-corrected chi connectivity index (χ1v) is 12.8. The Morgan fingerprint density at radius 2 is 1.91 bits per heavy atom. The van der Waals surface area contributed by atoms with Gasteiger partial charge in [-0.3, -0.25) is 18.9 Å². The van der Waals surface area contributed by atoms with Gasteiger partial charge in [-0.15, -0.1) is 0 Å². The Morgan fingerprint density at radius 1 is 1.23 bits per heavy atom. The second-order valence-corrected chi connectivity index (χ2v) is 11.0. The molecule has 0 radical (unpaired) electrons. The van der Waals surface area contributed by atoms with Gasteiger partial charge in [-0.2, -0.15) is 0 Å². The maximum absolute atomic E-state index is 13.8. The standard InChI is InChI=1S/C23H27F2N2O7P/c1-23(2)14(5-3-4-8-35(32,33)34)11-27-12-16(19(28)20(29)18(27)21(23)30)22(31)26-10-13-6-7-15(24)9-17(13)25/h6-7,9,12,14,29H,3-5,8,10-11H2,1-2H3,(H,26,31)(H2,32,33,34). The number of nitrogens with zero attached hydrogens (tertiary/aromatic N) is 1. The quantitative estimate of drug-likeness (QED) is 0.314. The van der Waals surface area contributed by atoms with E-state index in [1.54, 1.807) is 13.8 Å². The van der Waals surface area contributed by atoms with Crippen molar-refractivity contribution in [2.75, 3.05) is 6.16 Å². The second kappa shape index (κ2) is 10.0. The molecule has 9 nitrogen and oxygen atoms in total. The molecule has 0 spiro atoms. The fourth-order valence-electron chi connectivity index (χ4n) is 4.25. The van der Waals surface area contributed by atoms with Crippen molar-refractivity contribution in [1.82, 2.24) is 9.88 Å². The van der Waals surface area contributed by atoms with E-state index in [2.05, 4.69) is 5.32 Å². The number of benzene rings is 1. The Hall–Kier alpha value is -2.88. The summed E-state index contributed by atoms with van der Waals surface area (Å²) >= 11 is 0. The number of halogens is 2. The van der Waals surface area contributed by atoms with Crippen LogP contribution >= 0.6 is 7.60 Å². The zero-order chi connectivity index (χ0) is 26.1. The molecule has 1 aromatic heterocycles. The van der Waals surface area contributed by atoms with Gasteiger partial charge >= 0.3 is 7.60 Å². The van der Waals surface area contributed by atoms with Crippen LogP contribution < -0.4 is 10.7 Å². The number of aromatic hydroxyl groups is 1. The van der Waals surface area contributed by atoms with Crippen LogP contribution in [0, 0.1) is 23.0 Å². The zero-order valence-electron chi connectivity index (χ0n) is 19.3. The summed E-state index contributed by atoms with van der Waals surface area (Å²) in [5.74, 6) is -4.18. The fourth-order valence-corrected chi connectivity index (χ4v) is 4.88. The number of fused-ring (bicyclic) bond motifs is 1. The lowest BCUT2D eigenvalue weighted by molar-refractivity contribution is 0.0622. The number of hydrogen-bond acceptors (Lipinski definition) is 5. The van der Waals surface area contributed by atoms with Crippen LogP contribution in [0.25, 0.3) is 0 Å². The van der Waals surface area contributed by atoms with Crippen LogP contribution in [-0.4, -0.2) is 37.3 Å². The molecule has 1 unspecified atom stereocenters. The number of aromatic nitrogens is 1. The number of ketones is 1. The maximum atomic E-state index is 13.8. The van der Waals surface area contributed by atoms with Gasteiger partial charge in [-0.05, 0) is 24.8 Å². The minimum absolute atomic E-state index is 0.00525. The molecule has 4 N–H and O–H groups in total. The number of nitrogens with one attached hydrogen (secondary N) is 1. The molecule has 0 bridgehead atoms. The summed E-state index contributed by atoms with van der Waals surface area (Å²) < 4.78 is 39.3. The molecule has 35 heavy (non-hydrogen) atoms. The van der Waals surface area contributed by atoms with Crippen LogP contribution in [-0.2, 0) is 17.7 Å². The highest BCUT2D eigenvalue weighted by molar-refractivity contribution is 7.51. The third-order valence-corrected chi connectivity index (χ3v) is 7.34. The summed E-state index contributed by atoms with van der Waals surface area (Å²) in [6.07, 6.45) is 2.07. The number of Topliss-reactive ketones (excluding diaryl/α,β-unsaturated/α-hetero) is 1. The maximum Gasteiger partial charge on any atom is 0.325 e. The van der Waals surface area contributed by atoms with Crippen molar-refractivity contribution in [2.24, 2.45) is 11.3 Å². The summed E-state index contributed by atoms with van der Waals surface area (Å²) in [5, 5.41) is 12.9. The highest BCUT2D eigenvalue weighted by Crippen LogP contribution is 2.42. The lowest BCUT2D eigenvalue weighted by Gasteiger charge is -2.39. The van der Waals surface area contributed by atoms with Crippen LogP contribution in [0.4, 0.5) is 8.78 Å². The molecular formula is C23H27F2N2O7P. The Bertz CT molecular complexity index is 1270. The van der Waals surface area contributed by atoms with Crippen LogP contribution in [0.1, 0.15) is 59.5 Å². The summed E-state index contributed by atoms with van der Waals surface area (Å²) in [4.78, 5) is 56.6. The fraction of sp³-hybridized carbons (Fsp3) is 0.435. The molecule has 12 heteroatoms. The molecule has 2 aromatic rings. The first-order valence-electron chi connectivity index (χ1n) is 11.0.